The minimum absolute atomic E-state index is 0.0506. The summed E-state index contributed by atoms with van der Waals surface area (Å²) in [6, 6.07) is 7.21. The van der Waals surface area contributed by atoms with Gasteiger partial charge in [-0.05, 0) is 42.9 Å². The fraction of sp³-hybridized carbons (Fsp3) is 0.500. The Hall–Kier alpha value is -1.51. The van der Waals surface area contributed by atoms with Crippen molar-refractivity contribution >= 4 is 5.91 Å². The highest BCUT2D eigenvalue weighted by Gasteiger charge is 2.22. The van der Waals surface area contributed by atoms with Gasteiger partial charge in [-0.15, -0.1) is 0 Å². The van der Waals surface area contributed by atoms with Crippen LogP contribution in [0.2, 0.25) is 0 Å². The third-order valence-electron chi connectivity index (χ3n) is 3.34. The lowest BCUT2D eigenvalue weighted by molar-refractivity contribution is -0.121. The van der Waals surface area contributed by atoms with Gasteiger partial charge >= 0.3 is 0 Å². The third-order valence-corrected chi connectivity index (χ3v) is 3.34. The Morgan fingerprint density at radius 2 is 2.29 bits per heavy atom. The second kappa shape index (κ2) is 5.21. The molecule has 0 aliphatic heterocycles. The first kappa shape index (κ1) is 12.0. The van der Waals surface area contributed by atoms with Crippen molar-refractivity contribution in [2.75, 3.05) is 0 Å². The van der Waals surface area contributed by atoms with Gasteiger partial charge in [-0.25, -0.2) is 0 Å². The van der Waals surface area contributed by atoms with E-state index in [2.05, 4.69) is 12.2 Å². The molecule has 1 aliphatic rings. The number of amides is 1. The second-order valence-corrected chi connectivity index (χ2v) is 5.03. The fourth-order valence-corrected chi connectivity index (χ4v) is 2.47. The molecule has 0 bridgehead atoms. The number of benzene rings is 1. The van der Waals surface area contributed by atoms with E-state index < -0.39 is 0 Å². The highest BCUT2D eigenvalue weighted by atomic mass is 16.3. The predicted octanol–water partition coefficient (Wildman–Crippen LogP) is 2.24. The van der Waals surface area contributed by atoms with Gasteiger partial charge in [0.25, 0.3) is 0 Å². The molecule has 1 aromatic carbocycles. The quantitative estimate of drug-likeness (QED) is 0.841. The number of hydrogen-bond acceptors (Lipinski definition) is 2. The number of phenolic OH excluding ortho intramolecular Hbond substituents is 1. The van der Waals surface area contributed by atoms with E-state index in [1.807, 2.05) is 6.07 Å². The largest absolute Gasteiger partial charge is 0.508 e. The Balaban J connectivity index is 1.85. The monoisotopic (exact) mass is 233 g/mol. The van der Waals surface area contributed by atoms with Crippen LogP contribution in [0, 0.1) is 5.92 Å². The summed E-state index contributed by atoms with van der Waals surface area (Å²) in [5, 5.41) is 12.4. The van der Waals surface area contributed by atoms with Gasteiger partial charge in [0.05, 0.1) is 6.42 Å². The summed E-state index contributed by atoms with van der Waals surface area (Å²) in [6.45, 7) is 2.22. The van der Waals surface area contributed by atoms with Crippen LogP contribution < -0.4 is 5.32 Å². The van der Waals surface area contributed by atoms with E-state index in [0.717, 1.165) is 24.3 Å². The van der Waals surface area contributed by atoms with Crippen molar-refractivity contribution in [3.8, 4) is 5.75 Å². The fourth-order valence-electron chi connectivity index (χ4n) is 2.47. The molecule has 17 heavy (non-hydrogen) atoms. The highest BCUT2D eigenvalue weighted by Crippen LogP contribution is 2.24. The molecule has 0 aromatic heterocycles. The summed E-state index contributed by atoms with van der Waals surface area (Å²) in [5.74, 6) is 0.987. The number of carbonyl (C=O) groups is 1. The van der Waals surface area contributed by atoms with E-state index in [-0.39, 0.29) is 11.7 Å². The standard InChI is InChI=1S/C14H19NO2/c1-10-5-6-12(7-10)15-14(17)9-11-3-2-4-13(16)8-11/h2-4,8,10,12,16H,5-7,9H2,1H3,(H,15,17). The average molecular weight is 233 g/mol. The van der Waals surface area contributed by atoms with Crippen molar-refractivity contribution < 1.29 is 9.90 Å². The van der Waals surface area contributed by atoms with E-state index in [1.165, 1.54) is 6.42 Å². The molecule has 2 atom stereocenters. The summed E-state index contributed by atoms with van der Waals surface area (Å²) in [7, 11) is 0. The topological polar surface area (TPSA) is 49.3 Å². The van der Waals surface area contributed by atoms with Crippen molar-refractivity contribution in [3.05, 3.63) is 29.8 Å². The first-order valence-electron chi connectivity index (χ1n) is 6.21. The molecule has 1 saturated carbocycles. The van der Waals surface area contributed by atoms with Crippen LogP contribution in [0.4, 0.5) is 0 Å². The molecule has 3 heteroatoms. The van der Waals surface area contributed by atoms with E-state index in [0.29, 0.717) is 12.5 Å². The maximum absolute atomic E-state index is 11.8. The Morgan fingerprint density at radius 3 is 2.94 bits per heavy atom. The van der Waals surface area contributed by atoms with Gasteiger partial charge in [0.1, 0.15) is 5.75 Å². The van der Waals surface area contributed by atoms with Crippen LogP contribution >= 0.6 is 0 Å². The first-order chi connectivity index (χ1) is 8.13. The van der Waals surface area contributed by atoms with Crippen molar-refractivity contribution in [2.24, 2.45) is 5.92 Å². The van der Waals surface area contributed by atoms with Crippen LogP contribution in [-0.2, 0) is 11.2 Å². The summed E-state index contributed by atoms with van der Waals surface area (Å²) < 4.78 is 0. The highest BCUT2D eigenvalue weighted by molar-refractivity contribution is 5.79. The molecule has 1 aromatic rings. The molecule has 1 amide bonds. The van der Waals surface area contributed by atoms with Crippen LogP contribution in [0.5, 0.6) is 5.75 Å². The summed E-state index contributed by atoms with van der Waals surface area (Å²) >= 11 is 0. The number of carbonyl (C=O) groups excluding carboxylic acids is 1. The molecular weight excluding hydrogens is 214 g/mol. The zero-order valence-corrected chi connectivity index (χ0v) is 10.1. The maximum atomic E-state index is 11.8. The second-order valence-electron chi connectivity index (χ2n) is 5.03. The van der Waals surface area contributed by atoms with Crippen molar-refractivity contribution in [2.45, 2.75) is 38.6 Å². The zero-order valence-electron chi connectivity index (χ0n) is 10.1. The summed E-state index contributed by atoms with van der Waals surface area (Å²) in [4.78, 5) is 11.8. The first-order valence-corrected chi connectivity index (χ1v) is 6.21. The van der Waals surface area contributed by atoms with Gasteiger partial charge in [0.15, 0.2) is 0 Å². The third kappa shape index (κ3) is 3.48. The van der Waals surface area contributed by atoms with Gasteiger partial charge in [-0.1, -0.05) is 19.1 Å². The van der Waals surface area contributed by atoms with Gasteiger partial charge in [-0.3, -0.25) is 4.79 Å². The Bertz CT molecular complexity index is 403. The van der Waals surface area contributed by atoms with E-state index >= 15 is 0 Å². The smallest absolute Gasteiger partial charge is 0.224 e. The lowest BCUT2D eigenvalue weighted by Crippen LogP contribution is -2.33. The molecule has 0 heterocycles. The molecular formula is C14H19NO2. The number of rotatable bonds is 3. The molecule has 2 N–H and O–H groups in total. The number of hydrogen-bond donors (Lipinski definition) is 2. The lowest BCUT2D eigenvalue weighted by Gasteiger charge is -2.12. The molecule has 0 spiro atoms. The van der Waals surface area contributed by atoms with E-state index in [1.54, 1.807) is 18.2 Å². The number of phenols is 1. The van der Waals surface area contributed by atoms with Gasteiger partial charge in [0, 0.05) is 6.04 Å². The van der Waals surface area contributed by atoms with Crippen LogP contribution in [0.15, 0.2) is 24.3 Å². The summed E-state index contributed by atoms with van der Waals surface area (Å²) in [6.07, 6.45) is 3.73. The predicted molar refractivity (Wildman–Crippen MR) is 66.8 cm³/mol. The summed E-state index contributed by atoms with van der Waals surface area (Å²) in [5.41, 5.74) is 0.855. The van der Waals surface area contributed by atoms with E-state index in [4.69, 9.17) is 0 Å². The molecule has 1 fully saturated rings. The van der Waals surface area contributed by atoms with Gasteiger partial charge in [-0.2, -0.15) is 0 Å². The zero-order chi connectivity index (χ0) is 12.3. The molecule has 0 radical (unpaired) electrons. The lowest BCUT2D eigenvalue weighted by atomic mass is 10.1. The Labute approximate surface area is 102 Å². The Kier molecular flexibility index (Phi) is 3.67. The van der Waals surface area contributed by atoms with Crippen LogP contribution in [0.1, 0.15) is 31.7 Å². The van der Waals surface area contributed by atoms with Gasteiger partial charge in [0.2, 0.25) is 5.91 Å². The van der Waals surface area contributed by atoms with Crippen molar-refractivity contribution in [3.63, 3.8) is 0 Å². The minimum atomic E-state index is 0.0506. The SMILES string of the molecule is CC1CCC(NC(=O)Cc2cccc(O)c2)C1. The number of aromatic hydroxyl groups is 1. The molecule has 92 valence electrons. The number of nitrogens with one attached hydrogen (secondary N) is 1. The van der Waals surface area contributed by atoms with Crippen molar-refractivity contribution in [1.82, 2.24) is 5.32 Å². The normalized spacial score (nSPS) is 23.6. The average Bonchev–Trinajstić information content (AvgIpc) is 2.63. The molecule has 3 nitrogen and oxygen atoms in total. The molecule has 2 unspecified atom stereocenters. The van der Waals surface area contributed by atoms with Gasteiger partial charge < -0.3 is 10.4 Å². The van der Waals surface area contributed by atoms with Crippen LogP contribution in [0.25, 0.3) is 0 Å². The maximum Gasteiger partial charge on any atom is 0.224 e. The van der Waals surface area contributed by atoms with E-state index in [9.17, 15) is 9.90 Å². The Morgan fingerprint density at radius 1 is 1.47 bits per heavy atom. The van der Waals surface area contributed by atoms with Crippen molar-refractivity contribution in [1.29, 1.82) is 0 Å². The van der Waals surface area contributed by atoms with Crippen LogP contribution in [0.3, 0.4) is 0 Å². The molecule has 1 aliphatic carbocycles. The van der Waals surface area contributed by atoms with Crippen LogP contribution in [-0.4, -0.2) is 17.1 Å². The molecule has 2 rings (SSSR count). The molecule has 0 saturated heterocycles. The minimum Gasteiger partial charge on any atom is -0.508 e.